The molecule has 0 unspecified atom stereocenters. The Bertz CT molecular complexity index is 284. The fraction of sp³-hybridized carbons (Fsp3) is 0.333. The minimum Gasteiger partial charge on any atom is -0.404 e. The van der Waals surface area contributed by atoms with Gasteiger partial charge in [-0.05, 0) is 42.7 Å². The predicted molar refractivity (Wildman–Crippen MR) is 45.9 cm³/mol. The molecule has 0 amide bonds. The highest BCUT2D eigenvalue weighted by Gasteiger charge is 2.13. The number of nitrogens with one attached hydrogen (secondary N) is 1. The summed E-state index contributed by atoms with van der Waals surface area (Å²) in [5.41, 5.74) is 9.45. The van der Waals surface area contributed by atoms with Crippen molar-refractivity contribution in [2.75, 3.05) is 0 Å². The second kappa shape index (κ2) is 2.46. The van der Waals surface area contributed by atoms with Gasteiger partial charge in [-0.2, -0.15) is 0 Å². The summed E-state index contributed by atoms with van der Waals surface area (Å²) in [6.45, 7) is 0. The van der Waals surface area contributed by atoms with Crippen LogP contribution in [-0.4, -0.2) is 4.98 Å². The number of aryl methyl sites for hydroxylation is 1. The summed E-state index contributed by atoms with van der Waals surface area (Å²) in [7, 11) is 0. The van der Waals surface area contributed by atoms with Crippen LogP contribution >= 0.6 is 0 Å². The van der Waals surface area contributed by atoms with E-state index in [2.05, 4.69) is 11.1 Å². The molecule has 0 aliphatic heterocycles. The van der Waals surface area contributed by atoms with Gasteiger partial charge in [-0.1, -0.05) is 0 Å². The zero-order chi connectivity index (χ0) is 7.68. The molecule has 0 spiro atoms. The van der Waals surface area contributed by atoms with Gasteiger partial charge < -0.3 is 10.7 Å². The zero-order valence-electron chi connectivity index (χ0n) is 6.43. The number of hydrogen-bond acceptors (Lipinski definition) is 1. The van der Waals surface area contributed by atoms with Crippen molar-refractivity contribution < 1.29 is 0 Å². The highest BCUT2D eigenvalue weighted by molar-refractivity contribution is 5.68. The van der Waals surface area contributed by atoms with Gasteiger partial charge in [0.1, 0.15) is 0 Å². The molecule has 0 radical (unpaired) electrons. The monoisotopic (exact) mass is 148 g/mol. The van der Waals surface area contributed by atoms with Crippen LogP contribution in [0.4, 0.5) is 0 Å². The Morgan fingerprint density at radius 3 is 3.18 bits per heavy atom. The molecule has 0 fully saturated rings. The van der Waals surface area contributed by atoms with E-state index in [0.717, 1.165) is 6.42 Å². The topological polar surface area (TPSA) is 41.8 Å². The standard InChI is InChI=1S/C9H12N2/c10-6-7-2-1-3-9-8(7)4-5-11-9/h4-6,11H,1-3,10H2/b7-6-. The number of rotatable bonds is 0. The lowest BCUT2D eigenvalue weighted by molar-refractivity contribution is 0.803. The highest BCUT2D eigenvalue weighted by Crippen LogP contribution is 2.28. The smallest absolute Gasteiger partial charge is 0.0224 e. The van der Waals surface area contributed by atoms with Crippen molar-refractivity contribution in [2.24, 2.45) is 5.73 Å². The van der Waals surface area contributed by atoms with E-state index in [-0.39, 0.29) is 0 Å². The van der Waals surface area contributed by atoms with Gasteiger partial charge in [0.25, 0.3) is 0 Å². The summed E-state index contributed by atoms with van der Waals surface area (Å²) in [6.07, 6.45) is 7.23. The maximum Gasteiger partial charge on any atom is 0.0224 e. The third-order valence-electron chi connectivity index (χ3n) is 2.25. The Labute approximate surface area is 66.1 Å². The summed E-state index contributed by atoms with van der Waals surface area (Å²) >= 11 is 0. The number of aromatic nitrogens is 1. The number of aromatic amines is 1. The number of fused-ring (bicyclic) bond motifs is 1. The van der Waals surface area contributed by atoms with Gasteiger partial charge in [0.2, 0.25) is 0 Å². The maximum absolute atomic E-state index is 5.50. The van der Waals surface area contributed by atoms with Crippen LogP contribution < -0.4 is 5.73 Å². The second-order valence-electron chi connectivity index (χ2n) is 2.92. The maximum atomic E-state index is 5.50. The van der Waals surface area contributed by atoms with E-state index < -0.39 is 0 Å². The third-order valence-corrected chi connectivity index (χ3v) is 2.25. The molecular formula is C9H12N2. The summed E-state index contributed by atoms with van der Waals surface area (Å²) in [5.74, 6) is 0. The van der Waals surface area contributed by atoms with Crippen molar-refractivity contribution >= 4 is 5.57 Å². The van der Waals surface area contributed by atoms with E-state index in [9.17, 15) is 0 Å². The normalized spacial score (nSPS) is 20.2. The number of hydrogen-bond donors (Lipinski definition) is 2. The quantitative estimate of drug-likeness (QED) is 0.577. The zero-order valence-corrected chi connectivity index (χ0v) is 6.43. The van der Waals surface area contributed by atoms with E-state index in [4.69, 9.17) is 5.73 Å². The second-order valence-corrected chi connectivity index (χ2v) is 2.92. The molecule has 0 aromatic carbocycles. The van der Waals surface area contributed by atoms with Gasteiger partial charge in [0.15, 0.2) is 0 Å². The van der Waals surface area contributed by atoms with E-state index in [0.29, 0.717) is 0 Å². The number of allylic oxidation sites excluding steroid dienone is 1. The fourth-order valence-electron chi connectivity index (χ4n) is 1.68. The lowest BCUT2D eigenvalue weighted by Gasteiger charge is -2.13. The summed E-state index contributed by atoms with van der Waals surface area (Å²) in [5, 5.41) is 0. The van der Waals surface area contributed by atoms with E-state index in [1.807, 2.05) is 6.20 Å². The molecule has 3 N–H and O–H groups in total. The molecule has 0 atom stereocenters. The highest BCUT2D eigenvalue weighted by atomic mass is 14.7. The largest absolute Gasteiger partial charge is 0.404 e. The molecule has 1 heterocycles. The molecule has 1 aliphatic rings. The molecule has 1 aliphatic carbocycles. The molecule has 2 nitrogen and oxygen atoms in total. The van der Waals surface area contributed by atoms with Gasteiger partial charge in [0.05, 0.1) is 0 Å². The van der Waals surface area contributed by atoms with Gasteiger partial charge in [-0.3, -0.25) is 0 Å². The average Bonchev–Trinajstić information content (AvgIpc) is 2.50. The molecule has 2 heteroatoms. The third kappa shape index (κ3) is 0.946. The lowest BCUT2D eigenvalue weighted by atomic mass is 9.93. The van der Waals surface area contributed by atoms with Crippen LogP contribution in [0.1, 0.15) is 24.1 Å². The van der Waals surface area contributed by atoms with Crippen LogP contribution in [0.25, 0.3) is 5.57 Å². The van der Waals surface area contributed by atoms with Crippen molar-refractivity contribution in [3.8, 4) is 0 Å². The first-order valence-corrected chi connectivity index (χ1v) is 3.99. The van der Waals surface area contributed by atoms with Crippen LogP contribution in [0.5, 0.6) is 0 Å². The van der Waals surface area contributed by atoms with Crippen LogP contribution in [0, 0.1) is 0 Å². The van der Waals surface area contributed by atoms with Gasteiger partial charge >= 0.3 is 0 Å². The lowest BCUT2D eigenvalue weighted by Crippen LogP contribution is -2.01. The summed E-state index contributed by atoms with van der Waals surface area (Å²) in [6, 6.07) is 2.10. The van der Waals surface area contributed by atoms with Crippen molar-refractivity contribution in [1.82, 2.24) is 4.98 Å². The first-order valence-electron chi connectivity index (χ1n) is 3.99. The fourth-order valence-corrected chi connectivity index (χ4v) is 1.68. The summed E-state index contributed by atoms with van der Waals surface area (Å²) in [4.78, 5) is 3.23. The molecule has 0 saturated heterocycles. The minimum atomic E-state index is 1.13. The number of H-pyrrole nitrogens is 1. The Morgan fingerprint density at radius 2 is 2.36 bits per heavy atom. The van der Waals surface area contributed by atoms with Gasteiger partial charge in [-0.15, -0.1) is 0 Å². The van der Waals surface area contributed by atoms with Gasteiger partial charge in [0, 0.05) is 11.9 Å². The van der Waals surface area contributed by atoms with Crippen molar-refractivity contribution in [3.05, 3.63) is 29.7 Å². The Kier molecular flexibility index (Phi) is 1.46. The number of nitrogens with two attached hydrogens (primary N) is 1. The van der Waals surface area contributed by atoms with E-state index in [1.54, 1.807) is 6.20 Å². The predicted octanol–water partition coefficient (Wildman–Crippen LogP) is 1.65. The first-order chi connectivity index (χ1) is 5.42. The molecule has 1 aromatic heterocycles. The molecule has 1 aromatic rings. The first kappa shape index (κ1) is 6.53. The Hall–Kier alpha value is -1.18. The van der Waals surface area contributed by atoms with Crippen LogP contribution in [0.2, 0.25) is 0 Å². The van der Waals surface area contributed by atoms with Gasteiger partial charge in [-0.25, -0.2) is 0 Å². The molecule has 2 rings (SSSR count). The van der Waals surface area contributed by atoms with Crippen molar-refractivity contribution in [3.63, 3.8) is 0 Å². The van der Waals surface area contributed by atoms with E-state index in [1.165, 1.54) is 29.7 Å². The summed E-state index contributed by atoms with van der Waals surface area (Å²) < 4.78 is 0. The van der Waals surface area contributed by atoms with Crippen LogP contribution in [0.3, 0.4) is 0 Å². The van der Waals surface area contributed by atoms with Crippen LogP contribution in [-0.2, 0) is 6.42 Å². The van der Waals surface area contributed by atoms with Crippen LogP contribution in [0.15, 0.2) is 18.5 Å². The van der Waals surface area contributed by atoms with Crippen molar-refractivity contribution in [2.45, 2.75) is 19.3 Å². The molecule has 11 heavy (non-hydrogen) atoms. The van der Waals surface area contributed by atoms with E-state index >= 15 is 0 Å². The SMILES string of the molecule is N/C=C1/CCCc2[nH]ccc21. The van der Waals surface area contributed by atoms with Crippen molar-refractivity contribution in [1.29, 1.82) is 0 Å². The molecule has 58 valence electrons. The average molecular weight is 148 g/mol. The molecular weight excluding hydrogens is 136 g/mol. The Balaban J connectivity index is 2.48. The Morgan fingerprint density at radius 1 is 1.45 bits per heavy atom. The molecule has 0 saturated carbocycles. The molecule has 0 bridgehead atoms. The minimum absolute atomic E-state index is 1.13.